The van der Waals surface area contributed by atoms with Gasteiger partial charge in [-0.1, -0.05) is 97.9 Å². The van der Waals surface area contributed by atoms with Crippen molar-refractivity contribution in [3.63, 3.8) is 0 Å². The maximum absolute atomic E-state index is 13.1. The fourth-order valence-corrected chi connectivity index (χ4v) is 5.39. The van der Waals surface area contributed by atoms with E-state index in [1.807, 2.05) is 43.4 Å². The first-order chi connectivity index (χ1) is 19.7. The molecule has 2 heterocycles. The summed E-state index contributed by atoms with van der Waals surface area (Å²) in [4.78, 5) is 15.7. The van der Waals surface area contributed by atoms with Gasteiger partial charge in [-0.25, -0.2) is 0 Å². The molecule has 1 saturated heterocycles. The fraction of sp³-hybridized carbons (Fsp3) is 0.528. The second-order valence-corrected chi connectivity index (χ2v) is 12.6. The molecule has 5 heteroatoms. The first kappa shape index (κ1) is 34.6. The Morgan fingerprint density at radius 2 is 1.66 bits per heavy atom. The fourth-order valence-electron chi connectivity index (χ4n) is 4.17. The topological polar surface area (TPSA) is 50.4 Å². The van der Waals surface area contributed by atoms with Crippen LogP contribution in [0.1, 0.15) is 113 Å². The van der Waals surface area contributed by atoms with Gasteiger partial charge in [-0.2, -0.15) is 0 Å². The number of amides is 1. The summed E-state index contributed by atoms with van der Waals surface area (Å²) in [5.41, 5.74) is 3.90. The highest BCUT2D eigenvalue weighted by Crippen LogP contribution is 2.31. The molecule has 1 fully saturated rings. The first-order valence-electron chi connectivity index (χ1n) is 15.7. The maximum Gasteiger partial charge on any atom is 0.252 e. The van der Waals surface area contributed by atoms with Crippen molar-refractivity contribution in [2.45, 2.75) is 106 Å². The predicted molar refractivity (Wildman–Crippen MR) is 178 cm³/mol. The van der Waals surface area contributed by atoms with Crippen LogP contribution in [0.25, 0.3) is 10.4 Å². The summed E-state index contributed by atoms with van der Waals surface area (Å²) in [6.45, 7) is 19.0. The van der Waals surface area contributed by atoms with Gasteiger partial charge in [0.15, 0.2) is 0 Å². The summed E-state index contributed by atoms with van der Waals surface area (Å²) in [6, 6.07) is 18.6. The van der Waals surface area contributed by atoms with Crippen LogP contribution in [0.3, 0.4) is 0 Å². The average Bonchev–Trinajstić information content (AvgIpc) is 3.40. The number of unbranched alkanes of at least 4 members (excludes halogenated alkanes) is 3. The zero-order valence-corrected chi connectivity index (χ0v) is 27.6. The molecule has 1 aliphatic rings. The number of hydrogen-bond acceptors (Lipinski definition) is 4. The summed E-state index contributed by atoms with van der Waals surface area (Å²) in [5, 5.41) is 6.37. The Morgan fingerprint density at radius 1 is 0.951 bits per heavy atom. The van der Waals surface area contributed by atoms with E-state index in [1.54, 1.807) is 0 Å². The number of carbonyl (C=O) groups excluding carboxylic acids is 1. The highest BCUT2D eigenvalue weighted by atomic mass is 32.1. The lowest BCUT2D eigenvalue weighted by Crippen LogP contribution is -2.50. The van der Waals surface area contributed by atoms with E-state index < -0.39 is 0 Å². The number of ether oxygens (including phenoxy) is 1. The molecule has 41 heavy (non-hydrogen) atoms. The summed E-state index contributed by atoms with van der Waals surface area (Å²) < 4.78 is 5.93. The molecule has 4 rings (SSSR count). The largest absolute Gasteiger partial charge is 0.488 e. The van der Waals surface area contributed by atoms with Crippen molar-refractivity contribution in [1.29, 1.82) is 0 Å². The van der Waals surface area contributed by atoms with E-state index in [4.69, 9.17) is 4.74 Å². The molecular weight excluding hydrogens is 524 g/mol. The Labute approximate surface area is 254 Å². The van der Waals surface area contributed by atoms with Crippen molar-refractivity contribution < 1.29 is 9.53 Å². The van der Waals surface area contributed by atoms with Gasteiger partial charge < -0.3 is 15.4 Å². The summed E-state index contributed by atoms with van der Waals surface area (Å²) in [7, 11) is 0. The van der Waals surface area contributed by atoms with E-state index in [0.717, 1.165) is 36.4 Å². The van der Waals surface area contributed by atoms with Gasteiger partial charge in [-0.05, 0) is 73.2 Å². The SMILES string of the molecule is CCCC.CCCCC.Cc1ccc(OC2CNC2)cc1C(=O)NC(C)c1cccc(-c2ccc(CC(C)C)s2)c1. The van der Waals surface area contributed by atoms with Crippen LogP contribution in [0, 0.1) is 12.8 Å². The van der Waals surface area contributed by atoms with Crippen molar-refractivity contribution in [3.05, 3.63) is 76.2 Å². The van der Waals surface area contributed by atoms with Gasteiger partial charge in [0.2, 0.25) is 0 Å². The van der Waals surface area contributed by atoms with Gasteiger partial charge in [0, 0.05) is 28.4 Å². The Hall–Kier alpha value is -2.63. The zero-order valence-electron chi connectivity index (χ0n) is 26.8. The minimum atomic E-state index is -0.0997. The number of benzene rings is 2. The Bertz CT molecular complexity index is 1160. The molecule has 4 nitrogen and oxygen atoms in total. The first-order valence-corrected chi connectivity index (χ1v) is 16.5. The number of carbonyl (C=O) groups is 1. The zero-order chi connectivity index (χ0) is 30.2. The molecule has 0 bridgehead atoms. The smallest absolute Gasteiger partial charge is 0.252 e. The Morgan fingerprint density at radius 3 is 2.22 bits per heavy atom. The molecule has 0 radical (unpaired) electrons. The third-order valence-electron chi connectivity index (χ3n) is 7.00. The highest BCUT2D eigenvalue weighted by Gasteiger charge is 2.20. The van der Waals surface area contributed by atoms with Crippen LogP contribution in [0.2, 0.25) is 0 Å². The van der Waals surface area contributed by atoms with E-state index in [0.29, 0.717) is 11.5 Å². The number of nitrogens with one attached hydrogen (secondary N) is 2. The predicted octanol–water partition coefficient (Wildman–Crippen LogP) is 9.77. The lowest BCUT2D eigenvalue weighted by atomic mass is 10.0. The molecule has 2 aromatic carbocycles. The maximum atomic E-state index is 13.1. The minimum absolute atomic E-state index is 0.0760. The molecule has 1 atom stereocenters. The molecule has 1 aromatic heterocycles. The van der Waals surface area contributed by atoms with Gasteiger partial charge in [-0.3, -0.25) is 4.79 Å². The van der Waals surface area contributed by atoms with Crippen LogP contribution < -0.4 is 15.4 Å². The molecule has 1 amide bonds. The summed E-state index contributed by atoms with van der Waals surface area (Å²) >= 11 is 1.85. The quantitative estimate of drug-likeness (QED) is 0.238. The molecule has 2 N–H and O–H groups in total. The molecule has 0 spiro atoms. The van der Waals surface area contributed by atoms with Crippen LogP contribution >= 0.6 is 11.3 Å². The monoisotopic (exact) mass is 578 g/mol. The normalized spacial score (nSPS) is 13.3. The second kappa shape index (κ2) is 18.7. The number of hydrogen-bond donors (Lipinski definition) is 2. The van der Waals surface area contributed by atoms with Crippen molar-refractivity contribution in [3.8, 4) is 16.2 Å². The molecular formula is C36H54N2O2S. The third-order valence-corrected chi connectivity index (χ3v) is 8.15. The van der Waals surface area contributed by atoms with Crippen LogP contribution in [0.5, 0.6) is 5.75 Å². The third kappa shape index (κ3) is 12.0. The van der Waals surface area contributed by atoms with Crippen molar-refractivity contribution in [1.82, 2.24) is 10.6 Å². The number of thiophene rings is 1. The lowest BCUT2D eigenvalue weighted by Gasteiger charge is -2.28. The molecule has 1 unspecified atom stereocenters. The van der Waals surface area contributed by atoms with Gasteiger partial charge in [0.1, 0.15) is 11.9 Å². The molecule has 226 valence electrons. The molecule has 0 aliphatic carbocycles. The second-order valence-electron chi connectivity index (χ2n) is 11.4. The van der Waals surface area contributed by atoms with E-state index in [2.05, 4.69) is 88.6 Å². The van der Waals surface area contributed by atoms with E-state index in [1.165, 1.54) is 47.4 Å². The Kier molecular flexibility index (Phi) is 15.8. The Balaban J connectivity index is 0.000000571. The van der Waals surface area contributed by atoms with Gasteiger partial charge in [0.25, 0.3) is 5.91 Å². The minimum Gasteiger partial charge on any atom is -0.488 e. The van der Waals surface area contributed by atoms with Crippen molar-refractivity contribution in [2.75, 3.05) is 13.1 Å². The van der Waals surface area contributed by atoms with Crippen molar-refractivity contribution >= 4 is 17.2 Å². The average molecular weight is 579 g/mol. The van der Waals surface area contributed by atoms with Gasteiger partial charge in [-0.15, -0.1) is 11.3 Å². The van der Waals surface area contributed by atoms with Crippen LogP contribution in [0.15, 0.2) is 54.6 Å². The van der Waals surface area contributed by atoms with E-state index >= 15 is 0 Å². The van der Waals surface area contributed by atoms with Crippen LogP contribution in [0.4, 0.5) is 0 Å². The van der Waals surface area contributed by atoms with Crippen LogP contribution in [-0.4, -0.2) is 25.1 Å². The molecule has 3 aromatic rings. The number of aryl methyl sites for hydroxylation is 1. The van der Waals surface area contributed by atoms with Crippen LogP contribution in [-0.2, 0) is 6.42 Å². The van der Waals surface area contributed by atoms with E-state index in [9.17, 15) is 4.79 Å². The van der Waals surface area contributed by atoms with Gasteiger partial charge in [0.05, 0.1) is 6.04 Å². The standard InChI is InChI=1S/C27H32N2O2S.C5H12.C4H10/c1-17(2)12-24-10-11-26(32-24)21-7-5-6-20(13-21)19(4)29-27(30)25-14-22(9-8-18(25)3)31-23-15-28-16-23;1-3-5-4-2;1-3-4-2/h5-11,13-14,17,19,23,28H,12,15-16H2,1-4H3,(H,29,30);3-5H2,1-2H3;3-4H2,1-2H3. The lowest BCUT2D eigenvalue weighted by molar-refractivity contribution is 0.0937. The summed E-state index contributed by atoms with van der Waals surface area (Å²) in [6.07, 6.45) is 8.01. The summed E-state index contributed by atoms with van der Waals surface area (Å²) in [5.74, 6) is 1.32. The highest BCUT2D eigenvalue weighted by molar-refractivity contribution is 7.15. The van der Waals surface area contributed by atoms with E-state index in [-0.39, 0.29) is 18.1 Å². The molecule has 1 aliphatic heterocycles. The molecule has 0 saturated carbocycles. The number of rotatable bonds is 11. The van der Waals surface area contributed by atoms with Gasteiger partial charge >= 0.3 is 0 Å². The van der Waals surface area contributed by atoms with Crippen molar-refractivity contribution in [2.24, 2.45) is 5.92 Å².